The summed E-state index contributed by atoms with van der Waals surface area (Å²) >= 11 is 0. The number of fused-ring (bicyclic) bond motifs is 2. The number of benzene rings is 2. The lowest BCUT2D eigenvalue weighted by atomic mass is 9.88. The van der Waals surface area contributed by atoms with E-state index in [1.165, 1.54) is 0 Å². The molecule has 2 aliphatic heterocycles. The first-order chi connectivity index (χ1) is 14.7. The highest BCUT2D eigenvalue weighted by atomic mass is 16.7. The fraction of sp³-hybridized carbons (Fsp3) is 0.250. The van der Waals surface area contributed by atoms with Gasteiger partial charge in [-0.05, 0) is 54.3 Å². The van der Waals surface area contributed by atoms with E-state index < -0.39 is 5.41 Å². The molecule has 0 unspecified atom stereocenters. The monoisotopic (exact) mass is 401 g/mol. The number of hydrogen-bond acceptors (Lipinski definition) is 6. The number of carbonyl (C=O) groups is 1. The predicted octanol–water partition coefficient (Wildman–Crippen LogP) is 4.05. The SMILES string of the molecule is O=C(Cc1ccc(-c2ccc3c(c2)OCO3)cn1)C1(c2ccc3c(c2)OCO3)CC1. The minimum absolute atomic E-state index is 0.199. The third-order valence-corrected chi connectivity index (χ3v) is 6.08. The van der Waals surface area contributed by atoms with Crippen molar-refractivity contribution in [3.05, 3.63) is 66.0 Å². The quantitative estimate of drug-likeness (QED) is 0.643. The van der Waals surface area contributed by atoms with E-state index in [0.717, 1.165) is 58.2 Å². The molecule has 150 valence electrons. The molecule has 6 heteroatoms. The summed E-state index contributed by atoms with van der Waals surface area (Å²) in [5.74, 6) is 3.16. The van der Waals surface area contributed by atoms with Crippen molar-refractivity contribution in [2.24, 2.45) is 0 Å². The fourth-order valence-corrected chi connectivity index (χ4v) is 4.16. The zero-order chi connectivity index (χ0) is 20.1. The van der Waals surface area contributed by atoms with E-state index in [4.69, 9.17) is 18.9 Å². The van der Waals surface area contributed by atoms with Gasteiger partial charge in [-0.3, -0.25) is 9.78 Å². The zero-order valence-corrected chi connectivity index (χ0v) is 16.2. The molecule has 1 saturated carbocycles. The Bertz CT molecular complexity index is 1150. The van der Waals surface area contributed by atoms with Gasteiger partial charge in [0.25, 0.3) is 0 Å². The lowest BCUT2D eigenvalue weighted by Crippen LogP contribution is -2.22. The molecule has 1 fully saturated rings. The van der Waals surface area contributed by atoms with Crippen LogP contribution in [0, 0.1) is 0 Å². The minimum atomic E-state index is -0.418. The molecular weight excluding hydrogens is 382 g/mol. The summed E-state index contributed by atoms with van der Waals surface area (Å²) in [5.41, 5.74) is 3.34. The van der Waals surface area contributed by atoms with Crippen LogP contribution in [0.1, 0.15) is 24.1 Å². The lowest BCUT2D eigenvalue weighted by Gasteiger charge is -2.15. The van der Waals surface area contributed by atoms with Crippen LogP contribution in [0.2, 0.25) is 0 Å². The van der Waals surface area contributed by atoms with Crippen LogP contribution in [0.3, 0.4) is 0 Å². The Labute approximate surface area is 173 Å². The third kappa shape index (κ3) is 2.79. The highest BCUT2D eigenvalue weighted by molar-refractivity contribution is 5.94. The van der Waals surface area contributed by atoms with Gasteiger partial charge in [-0.2, -0.15) is 0 Å². The molecule has 0 amide bonds. The molecule has 1 aromatic heterocycles. The largest absolute Gasteiger partial charge is 0.454 e. The molecule has 0 spiro atoms. The van der Waals surface area contributed by atoms with E-state index >= 15 is 0 Å². The molecule has 2 aromatic carbocycles. The fourth-order valence-electron chi connectivity index (χ4n) is 4.16. The molecule has 0 saturated heterocycles. The first-order valence-corrected chi connectivity index (χ1v) is 10.00. The third-order valence-electron chi connectivity index (χ3n) is 6.08. The maximum atomic E-state index is 13.1. The van der Waals surface area contributed by atoms with Gasteiger partial charge in [-0.25, -0.2) is 0 Å². The summed E-state index contributed by atoms with van der Waals surface area (Å²) in [6.07, 6.45) is 3.84. The van der Waals surface area contributed by atoms with Gasteiger partial charge in [0, 0.05) is 23.9 Å². The van der Waals surface area contributed by atoms with Crippen molar-refractivity contribution in [1.29, 1.82) is 0 Å². The molecule has 1 aliphatic carbocycles. The van der Waals surface area contributed by atoms with E-state index in [1.54, 1.807) is 6.20 Å². The van der Waals surface area contributed by atoms with Crippen LogP contribution < -0.4 is 18.9 Å². The molecule has 0 N–H and O–H groups in total. The number of ketones is 1. The molecule has 3 heterocycles. The Morgan fingerprint density at radius 2 is 1.47 bits per heavy atom. The summed E-state index contributed by atoms with van der Waals surface area (Å²) in [6.45, 7) is 0.489. The van der Waals surface area contributed by atoms with Gasteiger partial charge < -0.3 is 18.9 Å². The number of aromatic nitrogens is 1. The highest BCUT2D eigenvalue weighted by Crippen LogP contribution is 2.51. The van der Waals surface area contributed by atoms with Gasteiger partial charge in [0.15, 0.2) is 23.0 Å². The molecule has 0 atom stereocenters. The van der Waals surface area contributed by atoms with Crippen molar-refractivity contribution in [3.63, 3.8) is 0 Å². The summed E-state index contributed by atoms with van der Waals surface area (Å²) in [4.78, 5) is 17.7. The number of nitrogens with zero attached hydrogens (tertiary/aromatic N) is 1. The number of pyridine rings is 1. The molecule has 6 nitrogen and oxygen atoms in total. The minimum Gasteiger partial charge on any atom is -0.454 e. The molecule has 3 aliphatic rings. The number of hydrogen-bond donors (Lipinski definition) is 0. The van der Waals surface area contributed by atoms with Gasteiger partial charge in [0.05, 0.1) is 5.41 Å². The Morgan fingerprint density at radius 3 is 2.17 bits per heavy atom. The Morgan fingerprint density at radius 1 is 0.800 bits per heavy atom. The smallest absolute Gasteiger partial charge is 0.231 e. The molecule has 6 rings (SSSR count). The molecule has 0 radical (unpaired) electrons. The second kappa shape index (κ2) is 6.49. The van der Waals surface area contributed by atoms with Crippen LogP contribution in [0.5, 0.6) is 23.0 Å². The first kappa shape index (κ1) is 17.3. The van der Waals surface area contributed by atoms with Crippen molar-refractivity contribution in [2.45, 2.75) is 24.7 Å². The Hall–Kier alpha value is -3.54. The van der Waals surface area contributed by atoms with Crippen LogP contribution >= 0.6 is 0 Å². The lowest BCUT2D eigenvalue weighted by molar-refractivity contribution is -0.120. The second-order valence-corrected chi connectivity index (χ2v) is 7.86. The Balaban J connectivity index is 1.20. The molecular formula is C24H19NO5. The average molecular weight is 401 g/mol. The number of Topliss-reactive ketones (excluding diaryl/α,β-unsaturated/α-hetero) is 1. The van der Waals surface area contributed by atoms with Crippen LogP contribution in [0.15, 0.2) is 54.7 Å². The summed E-state index contributed by atoms with van der Waals surface area (Å²) in [5, 5.41) is 0. The van der Waals surface area contributed by atoms with Crippen molar-refractivity contribution in [1.82, 2.24) is 4.98 Å². The molecule has 30 heavy (non-hydrogen) atoms. The molecule has 3 aromatic rings. The van der Waals surface area contributed by atoms with E-state index in [-0.39, 0.29) is 19.4 Å². The predicted molar refractivity (Wildman–Crippen MR) is 108 cm³/mol. The highest BCUT2D eigenvalue weighted by Gasteiger charge is 2.50. The van der Waals surface area contributed by atoms with E-state index in [9.17, 15) is 4.79 Å². The number of rotatable bonds is 5. The van der Waals surface area contributed by atoms with Gasteiger partial charge in [-0.1, -0.05) is 18.2 Å². The summed E-state index contributed by atoms with van der Waals surface area (Å²) in [6, 6.07) is 15.6. The van der Waals surface area contributed by atoms with Crippen LogP contribution in [-0.4, -0.2) is 24.4 Å². The van der Waals surface area contributed by atoms with Crippen LogP contribution in [0.4, 0.5) is 0 Å². The standard InChI is InChI=1S/C24H19NO5/c26-23(24(7-8-24)17-3-6-20-22(10-17)30-14-28-20)11-18-4-1-16(12-25-18)15-2-5-19-21(9-15)29-13-27-19/h1-6,9-10,12H,7-8,11,13-14H2. The van der Waals surface area contributed by atoms with E-state index in [0.29, 0.717) is 6.42 Å². The van der Waals surface area contributed by atoms with Crippen molar-refractivity contribution >= 4 is 5.78 Å². The average Bonchev–Trinajstić information content (AvgIpc) is 3.23. The van der Waals surface area contributed by atoms with Gasteiger partial charge in [0.2, 0.25) is 13.6 Å². The Kier molecular flexibility index (Phi) is 3.75. The van der Waals surface area contributed by atoms with Gasteiger partial charge in [-0.15, -0.1) is 0 Å². The maximum Gasteiger partial charge on any atom is 0.231 e. The normalized spacial score (nSPS) is 17.1. The van der Waals surface area contributed by atoms with Crippen LogP contribution in [-0.2, 0) is 16.6 Å². The van der Waals surface area contributed by atoms with Crippen molar-refractivity contribution in [3.8, 4) is 34.1 Å². The molecule has 0 bridgehead atoms. The second-order valence-electron chi connectivity index (χ2n) is 7.86. The van der Waals surface area contributed by atoms with E-state index in [1.807, 2.05) is 48.5 Å². The van der Waals surface area contributed by atoms with Crippen LogP contribution in [0.25, 0.3) is 11.1 Å². The van der Waals surface area contributed by atoms with Crippen molar-refractivity contribution < 1.29 is 23.7 Å². The van der Waals surface area contributed by atoms with E-state index in [2.05, 4.69) is 4.98 Å². The summed E-state index contributed by atoms with van der Waals surface area (Å²) < 4.78 is 21.7. The van der Waals surface area contributed by atoms with Crippen molar-refractivity contribution in [2.75, 3.05) is 13.6 Å². The topological polar surface area (TPSA) is 66.9 Å². The zero-order valence-electron chi connectivity index (χ0n) is 16.2. The van der Waals surface area contributed by atoms with Gasteiger partial charge >= 0.3 is 0 Å². The maximum absolute atomic E-state index is 13.1. The number of ether oxygens (including phenoxy) is 4. The first-order valence-electron chi connectivity index (χ1n) is 10.00. The van der Waals surface area contributed by atoms with Gasteiger partial charge in [0.1, 0.15) is 5.78 Å². The summed E-state index contributed by atoms with van der Waals surface area (Å²) in [7, 11) is 0. The number of carbonyl (C=O) groups excluding carboxylic acids is 1.